The lowest BCUT2D eigenvalue weighted by atomic mass is 10.0. The SMILES string of the molecule is CCC[C@@H](C)C(=O)NC(N=O)[C@](C)(O)COC(=O)C(C)CCCOC. The highest BCUT2D eigenvalue weighted by Gasteiger charge is 2.37. The van der Waals surface area contributed by atoms with Crippen LogP contribution in [-0.4, -0.2) is 49.1 Å². The van der Waals surface area contributed by atoms with Crippen molar-refractivity contribution in [3.8, 4) is 0 Å². The van der Waals surface area contributed by atoms with Gasteiger partial charge in [-0.05, 0) is 31.4 Å². The first-order chi connectivity index (χ1) is 11.7. The molecule has 0 aliphatic carbocycles. The highest BCUT2D eigenvalue weighted by Crippen LogP contribution is 2.16. The minimum atomic E-state index is -1.79. The molecule has 0 radical (unpaired) electrons. The summed E-state index contributed by atoms with van der Waals surface area (Å²) in [6, 6.07) is 0. The number of hydrogen-bond donors (Lipinski definition) is 2. The second-order valence-electron chi connectivity index (χ2n) is 6.71. The lowest BCUT2D eigenvalue weighted by Crippen LogP contribution is -2.53. The van der Waals surface area contributed by atoms with Gasteiger partial charge >= 0.3 is 5.97 Å². The van der Waals surface area contributed by atoms with E-state index in [9.17, 15) is 19.6 Å². The van der Waals surface area contributed by atoms with Gasteiger partial charge in [-0.25, -0.2) is 0 Å². The van der Waals surface area contributed by atoms with Gasteiger partial charge in [-0.3, -0.25) is 9.59 Å². The molecule has 0 fully saturated rings. The molecule has 0 aliphatic heterocycles. The number of nitroso groups, excluding NO2 is 1. The molecule has 4 atom stereocenters. The van der Waals surface area contributed by atoms with Crippen molar-refractivity contribution in [3.05, 3.63) is 4.91 Å². The largest absolute Gasteiger partial charge is 0.462 e. The minimum Gasteiger partial charge on any atom is -0.462 e. The number of nitrogens with one attached hydrogen (secondary N) is 1. The van der Waals surface area contributed by atoms with Crippen molar-refractivity contribution in [2.45, 2.75) is 65.1 Å². The number of carbonyl (C=O) groups excluding carboxylic acids is 2. The molecular weight excluding hydrogens is 328 g/mol. The Bertz CT molecular complexity index is 427. The van der Waals surface area contributed by atoms with Crippen LogP contribution < -0.4 is 5.32 Å². The maximum atomic E-state index is 12.0. The number of hydrogen-bond acceptors (Lipinski definition) is 7. The zero-order valence-corrected chi connectivity index (χ0v) is 15.9. The Balaban J connectivity index is 4.57. The molecule has 0 aromatic heterocycles. The van der Waals surface area contributed by atoms with Crippen LogP contribution in [0, 0.1) is 16.7 Å². The summed E-state index contributed by atoms with van der Waals surface area (Å²) in [5.74, 6) is -1.50. The van der Waals surface area contributed by atoms with Crippen molar-refractivity contribution in [3.63, 3.8) is 0 Å². The predicted molar refractivity (Wildman–Crippen MR) is 93.7 cm³/mol. The van der Waals surface area contributed by atoms with Gasteiger partial charge in [0.1, 0.15) is 12.2 Å². The fourth-order valence-corrected chi connectivity index (χ4v) is 2.23. The molecule has 0 rings (SSSR count). The normalized spacial score (nSPS) is 17.0. The van der Waals surface area contributed by atoms with Gasteiger partial charge < -0.3 is 19.9 Å². The molecule has 0 aromatic rings. The maximum absolute atomic E-state index is 12.0. The van der Waals surface area contributed by atoms with E-state index in [0.717, 1.165) is 6.42 Å². The first-order valence-electron chi connectivity index (χ1n) is 8.70. The number of aliphatic hydroxyl groups is 1. The van der Waals surface area contributed by atoms with E-state index in [1.165, 1.54) is 6.92 Å². The topological polar surface area (TPSA) is 114 Å². The molecule has 0 heterocycles. The van der Waals surface area contributed by atoms with Gasteiger partial charge in [0, 0.05) is 19.6 Å². The number of methoxy groups -OCH3 is 1. The maximum Gasteiger partial charge on any atom is 0.308 e. The average molecular weight is 360 g/mol. The molecule has 0 spiro atoms. The third kappa shape index (κ3) is 8.92. The second kappa shape index (κ2) is 11.9. The van der Waals surface area contributed by atoms with Crippen LogP contribution in [0.15, 0.2) is 5.18 Å². The Kier molecular flexibility index (Phi) is 11.2. The molecule has 0 aliphatic rings. The Morgan fingerprint density at radius 2 is 1.88 bits per heavy atom. The van der Waals surface area contributed by atoms with Crippen molar-refractivity contribution in [2.24, 2.45) is 17.0 Å². The Labute approximate surface area is 149 Å². The molecule has 1 amide bonds. The quantitative estimate of drug-likeness (QED) is 0.295. The van der Waals surface area contributed by atoms with Gasteiger partial charge in [-0.2, -0.15) is 0 Å². The lowest BCUT2D eigenvalue weighted by Gasteiger charge is -2.29. The molecule has 8 heteroatoms. The number of ether oxygens (including phenoxy) is 2. The molecule has 2 N–H and O–H groups in total. The van der Waals surface area contributed by atoms with E-state index in [2.05, 4.69) is 10.5 Å². The molecule has 2 unspecified atom stereocenters. The highest BCUT2D eigenvalue weighted by atomic mass is 16.5. The number of amides is 1. The number of nitrogens with zero attached hydrogens (tertiary/aromatic N) is 1. The molecule has 0 saturated carbocycles. The van der Waals surface area contributed by atoms with Crippen molar-refractivity contribution >= 4 is 11.9 Å². The number of esters is 1. The van der Waals surface area contributed by atoms with Crippen LogP contribution in [0.2, 0.25) is 0 Å². The lowest BCUT2D eigenvalue weighted by molar-refractivity contribution is -0.157. The van der Waals surface area contributed by atoms with Crippen LogP contribution in [0.4, 0.5) is 0 Å². The summed E-state index contributed by atoms with van der Waals surface area (Å²) < 4.78 is 10.0. The zero-order valence-electron chi connectivity index (χ0n) is 15.9. The van der Waals surface area contributed by atoms with Gasteiger partial charge in [-0.15, -0.1) is 4.91 Å². The van der Waals surface area contributed by atoms with Crippen LogP contribution in [0.1, 0.15) is 53.4 Å². The highest BCUT2D eigenvalue weighted by molar-refractivity contribution is 5.78. The fourth-order valence-electron chi connectivity index (χ4n) is 2.23. The van der Waals surface area contributed by atoms with Crippen molar-refractivity contribution in [1.29, 1.82) is 0 Å². The van der Waals surface area contributed by atoms with Crippen molar-refractivity contribution < 1.29 is 24.2 Å². The second-order valence-corrected chi connectivity index (χ2v) is 6.71. The number of carbonyl (C=O) groups is 2. The van der Waals surface area contributed by atoms with E-state index in [1.807, 2.05) is 6.92 Å². The van der Waals surface area contributed by atoms with Crippen LogP contribution >= 0.6 is 0 Å². The molecule has 25 heavy (non-hydrogen) atoms. The molecule has 146 valence electrons. The molecule has 0 aromatic carbocycles. The third-order valence-corrected chi connectivity index (χ3v) is 4.04. The van der Waals surface area contributed by atoms with Crippen LogP contribution in [0.5, 0.6) is 0 Å². The van der Waals surface area contributed by atoms with Gasteiger partial charge in [-0.1, -0.05) is 27.2 Å². The van der Waals surface area contributed by atoms with Crippen molar-refractivity contribution in [2.75, 3.05) is 20.3 Å². The van der Waals surface area contributed by atoms with Gasteiger partial charge in [0.2, 0.25) is 5.91 Å². The van der Waals surface area contributed by atoms with Crippen LogP contribution in [0.25, 0.3) is 0 Å². The zero-order chi connectivity index (χ0) is 19.5. The van der Waals surface area contributed by atoms with Crippen LogP contribution in [-0.2, 0) is 19.1 Å². The fraction of sp³-hybridized carbons (Fsp3) is 0.882. The summed E-state index contributed by atoms with van der Waals surface area (Å²) in [6.07, 6.45) is 1.40. The summed E-state index contributed by atoms with van der Waals surface area (Å²) in [5.41, 5.74) is -1.79. The standard InChI is InChI=1S/C17H32N2O6/c1-6-8-12(2)14(20)18-16(19-23)17(4,22)11-25-15(21)13(3)9-7-10-24-5/h12-13,16,22H,6-11H2,1-5H3,(H,18,20)/t12-,13?,16?,17-/m1/s1. The van der Waals surface area contributed by atoms with E-state index < -0.39 is 24.3 Å². The van der Waals surface area contributed by atoms with E-state index in [-0.39, 0.29) is 17.7 Å². The summed E-state index contributed by atoms with van der Waals surface area (Å²) in [4.78, 5) is 35.0. The molecule has 8 nitrogen and oxygen atoms in total. The molecular formula is C17H32N2O6. The summed E-state index contributed by atoms with van der Waals surface area (Å²) in [5, 5.41) is 15.6. The van der Waals surface area contributed by atoms with Gasteiger partial charge in [0.15, 0.2) is 6.17 Å². The van der Waals surface area contributed by atoms with Gasteiger partial charge in [0.25, 0.3) is 0 Å². The predicted octanol–water partition coefficient (Wildman–Crippen LogP) is 1.99. The van der Waals surface area contributed by atoms with E-state index in [4.69, 9.17) is 9.47 Å². The summed E-state index contributed by atoms with van der Waals surface area (Å²) >= 11 is 0. The van der Waals surface area contributed by atoms with E-state index in [1.54, 1.807) is 21.0 Å². The monoisotopic (exact) mass is 360 g/mol. The molecule has 0 bridgehead atoms. The first kappa shape index (κ1) is 23.5. The Morgan fingerprint density at radius 3 is 2.40 bits per heavy atom. The van der Waals surface area contributed by atoms with E-state index >= 15 is 0 Å². The third-order valence-electron chi connectivity index (χ3n) is 4.04. The summed E-state index contributed by atoms with van der Waals surface area (Å²) in [7, 11) is 1.59. The molecule has 0 saturated heterocycles. The average Bonchev–Trinajstić information content (AvgIpc) is 2.57. The van der Waals surface area contributed by atoms with Crippen molar-refractivity contribution in [1.82, 2.24) is 5.32 Å². The first-order valence-corrected chi connectivity index (χ1v) is 8.70. The number of rotatable bonds is 13. The van der Waals surface area contributed by atoms with Crippen LogP contribution in [0.3, 0.4) is 0 Å². The smallest absolute Gasteiger partial charge is 0.308 e. The minimum absolute atomic E-state index is 0.298. The van der Waals surface area contributed by atoms with Gasteiger partial charge in [0.05, 0.1) is 5.92 Å². The Morgan fingerprint density at radius 1 is 1.24 bits per heavy atom. The summed E-state index contributed by atoms with van der Waals surface area (Å²) in [6.45, 7) is 6.82. The van der Waals surface area contributed by atoms with E-state index in [0.29, 0.717) is 25.9 Å². The Hall–Kier alpha value is -1.54.